The number of carbonyl (C=O) groups is 4. The molecule has 0 radical (unpaired) electrons. The lowest BCUT2D eigenvalue weighted by atomic mass is 9.76. The van der Waals surface area contributed by atoms with Gasteiger partial charge in [0, 0.05) is 36.8 Å². The van der Waals surface area contributed by atoms with Crippen molar-refractivity contribution < 1.29 is 38.1 Å². The van der Waals surface area contributed by atoms with Gasteiger partial charge in [0.1, 0.15) is 12.6 Å². The number of ether oxygens (including phenoxy) is 4. The van der Waals surface area contributed by atoms with Crippen LogP contribution in [0.25, 0.3) is 0 Å². The lowest BCUT2D eigenvalue weighted by Crippen LogP contribution is -2.56. The van der Waals surface area contributed by atoms with Crippen LogP contribution < -0.4 is 5.73 Å². The molecule has 202 valence electrons. The molecule has 6 rings (SSSR count). The van der Waals surface area contributed by atoms with Crippen molar-refractivity contribution >= 4 is 46.9 Å². The number of hydrogen-bond acceptors (Lipinski definition) is 10. The van der Waals surface area contributed by atoms with Crippen LogP contribution >= 0.6 is 23.4 Å². The third-order valence-electron chi connectivity index (χ3n) is 8.13. The van der Waals surface area contributed by atoms with Gasteiger partial charge in [-0.25, -0.2) is 4.79 Å². The number of nitrogens with zero attached hydrogens (tertiary/aromatic N) is 2. The standard InChI is InChI=1S/C25H26ClN3O8S/c1-12(30)29-16-9-28-19-18(13(10-35-23(27)33)24(28,34-2)21(16)29)22(32)25(36-7-8-37-25)14(20(19)31)11-38-17-6-4-3-5-15(17)26/h3-6,13-14,16,21H,7-11H2,1-2H3,(H2,27,33)/t13-,14?,16+,21+,24-,29?/m1/s1. The molecule has 3 saturated heterocycles. The van der Waals surface area contributed by atoms with Crippen molar-refractivity contribution in [3.63, 3.8) is 0 Å². The van der Waals surface area contributed by atoms with Gasteiger partial charge >= 0.3 is 6.09 Å². The summed E-state index contributed by atoms with van der Waals surface area (Å²) in [5.41, 5.74) is 4.30. The van der Waals surface area contributed by atoms with E-state index in [1.165, 1.54) is 25.8 Å². The Hall–Kier alpha value is -2.64. The second-order valence-electron chi connectivity index (χ2n) is 9.80. The summed E-state index contributed by atoms with van der Waals surface area (Å²) >= 11 is 7.68. The number of allylic oxidation sites excluding steroid dienone is 1. The Kier molecular flexibility index (Phi) is 6.04. The van der Waals surface area contributed by atoms with E-state index in [0.29, 0.717) is 11.6 Å². The third kappa shape index (κ3) is 3.33. The number of halogens is 1. The fourth-order valence-electron chi connectivity index (χ4n) is 6.68. The number of benzene rings is 1. The molecule has 38 heavy (non-hydrogen) atoms. The maximum atomic E-state index is 14.3. The SMILES string of the molecule is CO[C@@]12[C@H](COC(N)=O)C3=C(C(=O)C(CSc4ccccc4Cl)C4(OCCO4)C3=O)N1C[C@H]1[C@@H]2N1C(C)=O. The molecule has 0 aromatic heterocycles. The number of ketones is 2. The highest BCUT2D eigenvalue weighted by molar-refractivity contribution is 7.99. The first-order chi connectivity index (χ1) is 18.2. The van der Waals surface area contributed by atoms with Gasteiger partial charge in [0.15, 0.2) is 11.5 Å². The Morgan fingerprint density at radius 3 is 2.55 bits per heavy atom. The van der Waals surface area contributed by atoms with Crippen molar-refractivity contribution in [1.29, 1.82) is 0 Å². The van der Waals surface area contributed by atoms with Gasteiger partial charge in [-0.3, -0.25) is 14.4 Å². The van der Waals surface area contributed by atoms with Gasteiger partial charge in [-0.05, 0) is 12.1 Å². The van der Waals surface area contributed by atoms with Crippen molar-refractivity contribution in [3.8, 4) is 0 Å². The van der Waals surface area contributed by atoms with Gasteiger partial charge in [-0.15, -0.1) is 11.8 Å². The number of primary amides is 1. The van der Waals surface area contributed by atoms with E-state index in [9.17, 15) is 19.2 Å². The number of piperazine rings is 1. The summed E-state index contributed by atoms with van der Waals surface area (Å²) in [6.45, 7) is 1.71. The van der Waals surface area contributed by atoms with Crippen molar-refractivity contribution in [1.82, 2.24) is 9.80 Å². The normalized spacial score (nSPS) is 32.5. The van der Waals surface area contributed by atoms with Crippen molar-refractivity contribution in [2.75, 3.05) is 39.2 Å². The van der Waals surface area contributed by atoms with Crippen LogP contribution in [0.3, 0.4) is 0 Å². The van der Waals surface area contributed by atoms with Crippen LogP contribution in [0.1, 0.15) is 6.92 Å². The fraction of sp³-hybridized carbons (Fsp3) is 0.520. The molecule has 13 heteroatoms. The number of methoxy groups -OCH3 is 1. The fourth-order valence-corrected chi connectivity index (χ4v) is 8.07. The predicted octanol–water partition coefficient (Wildman–Crippen LogP) is 1.18. The smallest absolute Gasteiger partial charge is 0.404 e. The van der Waals surface area contributed by atoms with Gasteiger partial charge in [0.05, 0.1) is 41.8 Å². The molecule has 2 N–H and O–H groups in total. The number of nitrogens with two attached hydrogens (primary N) is 1. The van der Waals surface area contributed by atoms with Crippen LogP contribution in [-0.4, -0.2) is 96.2 Å². The Morgan fingerprint density at radius 1 is 1.21 bits per heavy atom. The highest BCUT2D eigenvalue weighted by atomic mass is 35.5. The van der Waals surface area contributed by atoms with Crippen LogP contribution in [0.15, 0.2) is 40.4 Å². The number of amides is 2. The van der Waals surface area contributed by atoms with E-state index in [4.69, 9.17) is 36.3 Å². The Labute approximate surface area is 227 Å². The summed E-state index contributed by atoms with van der Waals surface area (Å²) in [4.78, 5) is 56.8. The molecular formula is C25H26ClN3O8S. The molecular weight excluding hydrogens is 538 g/mol. The minimum atomic E-state index is -1.83. The van der Waals surface area contributed by atoms with Crippen LogP contribution in [-0.2, 0) is 33.3 Å². The molecule has 1 aromatic carbocycles. The molecule has 3 fully saturated rings. The number of hydrogen-bond donors (Lipinski definition) is 1. The van der Waals surface area contributed by atoms with E-state index < -0.39 is 41.3 Å². The second-order valence-corrected chi connectivity index (χ2v) is 11.3. The van der Waals surface area contributed by atoms with Gasteiger partial charge < -0.3 is 34.5 Å². The zero-order valence-electron chi connectivity index (χ0n) is 20.7. The number of fused-ring (bicyclic) bond motifs is 4. The monoisotopic (exact) mass is 563 g/mol. The average Bonchev–Trinajstić information content (AvgIpc) is 3.16. The molecule has 4 aliphatic heterocycles. The largest absolute Gasteiger partial charge is 0.449 e. The zero-order chi connectivity index (χ0) is 27.0. The molecule has 4 heterocycles. The minimum Gasteiger partial charge on any atom is -0.449 e. The summed E-state index contributed by atoms with van der Waals surface area (Å²) < 4.78 is 23.1. The molecule has 2 amide bonds. The minimum absolute atomic E-state index is 0.118. The summed E-state index contributed by atoms with van der Waals surface area (Å²) in [6.07, 6.45) is -1.03. The topological polar surface area (TPSA) is 137 Å². The van der Waals surface area contributed by atoms with Gasteiger partial charge in [-0.1, -0.05) is 23.7 Å². The number of rotatable bonds is 6. The lowest BCUT2D eigenvalue weighted by molar-refractivity contribution is -0.197. The maximum Gasteiger partial charge on any atom is 0.404 e. The van der Waals surface area contributed by atoms with Crippen LogP contribution in [0.4, 0.5) is 4.79 Å². The van der Waals surface area contributed by atoms with Gasteiger partial charge in [0.2, 0.25) is 17.5 Å². The van der Waals surface area contributed by atoms with Crippen molar-refractivity contribution in [2.45, 2.75) is 35.4 Å². The molecule has 11 nitrogen and oxygen atoms in total. The number of carbonyl (C=O) groups excluding carboxylic acids is 4. The first kappa shape index (κ1) is 25.6. The average molecular weight is 564 g/mol. The van der Waals surface area contributed by atoms with E-state index in [-0.39, 0.29) is 54.6 Å². The van der Waals surface area contributed by atoms with Gasteiger partial charge in [0.25, 0.3) is 0 Å². The van der Waals surface area contributed by atoms with E-state index in [0.717, 1.165) is 4.90 Å². The molecule has 1 aliphatic carbocycles. The highest BCUT2D eigenvalue weighted by Gasteiger charge is 2.79. The molecule has 5 aliphatic rings. The summed E-state index contributed by atoms with van der Waals surface area (Å²) in [5, 5.41) is 0.529. The quantitative estimate of drug-likeness (QED) is 0.396. The van der Waals surface area contributed by atoms with Crippen LogP contribution in [0, 0.1) is 11.8 Å². The molecule has 1 aromatic rings. The molecule has 1 unspecified atom stereocenters. The van der Waals surface area contributed by atoms with Crippen molar-refractivity contribution in [3.05, 3.63) is 40.6 Å². The lowest BCUT2D eigenvalue weighted by Gasteiger charge is -2.41. The highest BCUT2D eigenvalue weighted by Crippen LogP contribution is 2.61. The van der Waals surface area contributed by atoms with Crippen LogP contribution in [0.2, 0.25) is 5.02 Å². The first-order valence-corrected chi connectivity index (χ1v) is 13.6. The maximum absolute atomic E-state index is 14.3. The first-order valence-electron chi connectivity index (χ1n) is 12.2. The van der Waals surface area contributed by atoms with E-state index in [1.807, 2.05) is 18.2 Å². The number of Topliss-reactive ketones (excluding diaryl/α,β-unsaturated/α-hetero) is 2. The third-order valence-corrected chi connectivity index (χ3v) is 9.74. The summed E-state index contributed by atoms with van der Waals surface area (Å²) in [5.74, 6) is -4.51. The van der Waals surface area contributed by atoms with Crippen molar-refractivity contribution in [2.24, 2.45) is 17.6 Å². The van der Waals surface area contributed by atoms with Gasteiger partial charge in [-0.2, -0.15) is 0 Å². The summed E-state index contributed by atoms with van der Waals surface area (Å²) in [7, 11) is 1.46. The zero-order valence-corrected chi connectivity index (χ0v) is 22.3. The molecule has 1 spiro atoms. The van der Waals surface area contributed by atoms with Crippen LogP contribution in [0.5, 0.6) is 0 Å². The molecule has 0 bridgehead atoms. The Morgan fingerprint density at radius 2 is 1.92 bits per heavy atom. The summed E-state index contributed by atoms with van der Waals surface area (Å²) in [6, 6.07) is 6.60. The molecule has 5 atom stereocenters. The number of thioether (sulfide) groups is 1. The second kappa shape index (κ2) is 8.95. The van der Waals surface area contributed by atoms with E-state index >= 15 is 0 Å². The van der Waals surface area contributed by atoms with E-state index in [2.05, 4.69) is 0 Å². The van der Waals surface area contributed by atoms with E-state index in [1.54, 1.807) is 15.9 Å². The predicted molar refractivity (Wildman–Crippen MR) is 133 cm³/mol. The molecule has 0 saturated carbocycles. The Balaban J connectivity index is 1.43. The Bertz CT molecular complexity index is 1280.